The van der Waals surface area contributed by atoms with Crippen molar-refractivity contribution in [2.24, 2.45) is 5.73 Å². The highest BCUT2D eigenvalue weighted by Gasteiger charge is 2.29. The summed E-state index contributed by atoms with van der Waals surface area (Å²) in [6.07, 6.45) is 1.12. The van der Waals surface area contributed by atoms with E-state index in [0.717, 1.165) is 0 Å². The number of halogens is 5. The average molecular weight is 338 g/mol. The van der Waals surface area contributed by atoms with Crippen LogP contribution in [-0.4, -0.2) is 24.3 Å². The summed E-state index contributed by atoms with van der Waals surface area (Å²) < 4.78 is 65.6. The number of hydrogen-bond acceptors (Lipinski definition) is 3. The largest absolute Gasteiger partial charge is 0.352 e. The van der Waals surface area contributed by atoms with Gasteiger partial charge in [-0.15, -0.1) is 0 Å². The standard InChI is InChI=1S/C14H15F5N2O2/c1-6(22)7(20)4-2-3-5-21-14(23)8-9(15)11(17)13(19)12(18)10(8)16/h7H,2-5,20H2,1H3,(H,21,23)/t7-/m1/s1. The summed E-state index contributed by atoms with van der Waals surface area (Å²) in [4.78, 5) is 22.5. The highest BCUT2D eigenvalue weighted by Crippen LogP contribution is 2.22. The van der Waals surface area contributed by atoms with Crippen LogP contribution in [0.25, 0.3) is 0 Å². The Hall–Kier alpha value is -2.03. The van der Waals surface area contributed by atoms with Crippen LogP contribution in [-0.2, 0) is 4.79 Å². The molecule has 0 saturated carbocycles. The van der Waals surface area contributed by atoms with Crippen molar-refractivity contribution >= 4 is 11.7 Å². The van der Waals surface area contributed by atoms with Gasteiger partial charge >= 0.3 is 0 Å². The van der Waals surface area contributed by atoms with E-state index in [0.29, 0.717) is 19.3 Å². The molecule has 3 N–H and O–H groups in total. The molecular weight excluding hydrogens is 323 g/mol. The van der Waals surface area contributed by atoms with Crippen LogP contribution in [0.5, 0.6) is 0 Å². The maximum Gasteiger partial charge on any atom is 0.257 e. The number of carbonyl (C=O) groups excluding carboxylic acids is 2. The summed E-state index contributed by atoms with van der Waals surface area (Å²) in [5.41, 5.74) is 3.96. The van der Waals surface area contributed by atoms with Crippen LogP contribution in [0.4, 0.5) is 22.0 Å². The number of nitrogens with two attached hydrogens (primary N) is 1. The molecular formula is C14H15F5N2O2. The highest BCUT2D eigenvalue weighted by molar-refractivity contribution is 5.94. The van der Waals surface area contributed by atoms with E-state index in [1.54, 1.807) is 0 Å². The molecule has 0 unspecified atom stereocenters. The molecule has 1 aromatic rings. The second-order valence-electron chi connectivity index (χ2n) is 4.91. The van der Waals surface area contributed by atoms with Gasteiger partial charge < -0.3 is 11.1 Å². The molecule has 0 aliphatic rings. The van der Waals surface area contributed by atoms with Gasteiger partial charge in [0.25, 0.3) is 5.91 Å². The van der Waals surface area contributed by atoms with Crippen LogP contribution in [0.1, 0.15) is 36.5 Å². The van der Waals surface area contributed by atoms with Crippen LogP contribution >= 0.6 is 0 Å². The molecule has 1 amide bonds. The Labute approximate surface area is 128 Å². The molecule has 0 heterocycles. The van der Waals surface area contributed by atoms with Gasteiger partial charge in [-0.25, -0.2) is 22.0 Å². The molecule has 0 aliphatic carbocycles. The molecule has 23 heavy (non-hydrogen) atoms. The molecule has 0 fully saturated rings. The summed E-state index contributed by atoms with van der Waals surface area (Å²) in [6, 6.07) is -0.638. The molecule has 0 bridgehead atoms. The van der Waals surface area contributed by atoms with E-state index >= 15 is 0 Å². The molecule has 0 spiro atoms. The summed E-state index contributed by atoms with van der Waals surface area (Å²) >= 11 is 0. The molecule has 1 rings (SSSR count). The first-order valence-corrected chi connectivity index (χ1v) is 6.74. The molecule has 1 aromatic carbocycles. The lowest BCUT2D eigenvalue weighted by atomic mass is 10.1. The molecule has 0 aromatic heterocycles. The Morgan fingerprint density at radius 1 is 0.957 bits per heavy atom. The van der Waals surface area contributed by atoms with Crippen LogP contribution in [0.15, 0.2) is 0 Å². The Balaban J connectivity index is 2.65. The second-order valence-corrected chi connectivity index (χ2v) is 4.91. The topological polar surface area (TPSA) is 72.2 Å². The van der Waals surface area contributed by atoms with Gasteiger partial charge in [0.15, 0.2) is 23.3 Å². The lowest BCUT2D eigenvalue weighted by molar-refractivity contribution is -0.118. The average Bonchev–Trinajstić information content (AvgIpc) is 2.50. The van der Waals surface area contributed by atoms with Crippen molar-refractivity contribution in [1.29, 1.82) is 0 Å². The fraction of sp³-hybridized carbons (Fsp3) is 0.429. The third-order valence-electron chi connectivity index (χ3n) is 3.19. The number of carbonyl (C=O) groups is 2. The third-order valence-corrected chi connectivity index (χ3v) is 3.19. The molecule has 1 atom stereocenters. The predicted molar refractivity (Wildman–Crippen MR) is 71.1 cm³/mol. The number of benzene rings is 1. The third kappa shape index (κ3) is 4.47. The maximum atomic E-state index is 13.4. The first kappa shape index (κ1) is 19.0. The first-order chi connectivity index (χ1) is 10.7. The van der Waals surface area contributed by atoms with Gasteiger partial charge in [-0.1, -0.05) is 0 Å². The van der Waals surface area contributed by atoms with Crippen molar-refractivity contribution in [2.75, 3.05) is 6.54 Å². The quantitative estimate of drug-likeness (QED) is 0.346. The number of rotatable bonds is 7. The van der Waals surface area contributed by atoms with Crippen LogP contribution < -0.4 is 11.1 Å². The van der Waals surface area contributed by atoms with E-state index in [9.17, 15) is 31.5 Å². The van der Waals surface area contributed by atoms with Gasteiger partial charge in [0.1, 0.15) is 11.3 Å². The van der Waals surface area contributed by atoms with Crippen molar-refractivity contribution in [2.45, 2.75) is 32.2 Å². The number of unbranched alkanes of at least 4 members (excludes halogenated alkanes) is 1. The molecule has 9 heteroatoms. The van der Waals surface area contributed by atoms with Gasteiger partial charge in [0.2, 0.25) is 5.82 Å². The maximum absolute atomic E-state index is 13.4. The number of hydrogen-bond donors (Lipinski definition) is 2. The number of Topliss-reactive ketones (excluding diaryl/α,β-unsaturated/α-hetero) is 1. The van der Waals surface area contributed by atoms with Crippen molar-refractivity contribution < 1.29 is 31.5 Å². The van der Waals surface area contributed by atoms with Gasteiger partial charge in [0, 0.05) is 6.54 Å². The van der Waals surface area contributed by atoms with E-state index in [1.165, 1.54) is 6.92 Å². The summed E-state index contributed by atoms with van der Waals surface area (Å²) in [7, 11) is 0. The lowest BCUT2D eigenvalue weighted by Crippen LogP contribution is -2.30. The van der Waals surface area contributed by atoms with Gasteiger partial charge in [0.05, 0.1) is 6.04 Å². The molecule has 128 valence electrons. The predicted octanol–water partition coefficient (Wildman–Crippen LogP) is 2.20. The van der Waals surface area contributed by atoms with E-state index in [2.05, 4.69) is 5.32 Å². The fourth-order valence-electron chi connectivity index (χ4n) is 1.79. The lowest BCUT2D eigenvalue weighted by Gasteiger charge is -2.10. The number of ketones is 1. The summed E-state index contributed by atoms with van der Waals surface area (Å²) in [6.45, 7) is 1.26. The molecule has 0 saturated heterocycles. The zero-order chi connectivity index (χ0) is 17.7. The molecule has 0 aliphatic heterocycles. The highest BCUT2D eigenvalue weighted by atomic mass is 19.2. The van der Waals surface area contributed by atoms with Crippen LogP contribution in [0.2, 0.25) is 0 Å². The van der Waals surface area contributed by atoms with Crippen LogP contribution in [0.3, 0.4) is 0 Å². The number of amides is 1. The summed E-state index contributed by atoms with van der Waals surface area (Å²) in [5.74, 6) is -12.7. The Bertz CT molecular complexity index is 593. The smallest absolute Gasteiger partial charge is 0.257 e. The monoisotopic (exact) mass is 338 g/mol. The molecule has 0 radical (unpaired) electrons. The van der Waals surface area contributed by atoms with E-state index in [-0.39, 0.29) is 12.3 Å². The van der Waals surface area contributed by atoms with Gasteiger partial charge in [-0.3, -0.25) is 9.59 Å². The van der Waals surface area contributed by atoms with Crippen molar-refractivity contribution in [3.63, 3.8) is 0 Å². The summed E-state index contributed by atoms with van der Waals surface area (Å²) in [5, 5.41) is 2.06. The van der Waals surface area contributed by atoms with Crippen molar-refractivity contribution in [3.05, 3.63) is 34.6 Å². The number of nitrogens with one attached hydrogen (secondary N) is 1. The van der Waals surface area contributed by atoms with Gasteiger partial charge in [-0.05, 0) is 26.2 Å². The Morgan fingerprint density at radius 3 is 1.91 bits per heavy atom. The Morgan fingerprint density at radius 2 is 1.43 bits per heavy atom. The van der Waals surface area contributed by atoms with Gasteiger partial charge in [-0.2, -0.15) is 0 Å². The van der Waals surface area contributed by atoms with Crippen LogP contribution in [0, 0.1) is 29.1 Å². The normalized spacial score (nSPS) is 12.1. The Kier molecular flexibility index (Phi) is 6.62. The zero-order valence-corrected chi connectivity index (χ0v) is 12.2. The molecule has 4 nitrogen and oxygen atoms in total. The minimum atomic E-state index is -2.32. The van der Waals surface area contributed by atoms with E-state index in [4.69, 9.17) is 5.73 Å². The minimum Gasteiger partial charge on any atom is -0.352 e. The SMILES string of the molecule is CC(=O)[C@H](N)CCCCNC(=O)c1c(F)c(F)c(F)c(F)c1F. The van der Waals surface area contributed by atoms with Crippen molar-refractivity contribution in [3.8, 4) is 0 Å². The van der Waals surface area contributed by atoms with E-state index in [1.807, 2.05) is 0 Å². The second kappa shape index (κ2) is 8.00. The van der Waals surface area contributed by atoms with Crippen molar-refractivity contribution in [1.82, 2.24) is 5.32 Å². The van der Waals surface area contributed by atoms with E-state index < -0.39 is 46.6 Å². The minimum absolute atomic E-state index is 0.0665. The first-order valence-electron chi connectivity index (χ1n) is 6.74. The zero-order valence-electron chi connectivity index (χ0n) is 12.2. The fourth-order valence-corrected chi connectivity index (χ4v) is 1.79.